The van der Waals surface area contributed by atoms with Gasteiger partial charge in [-0.05, 0) is 61.7 Å². The van der Waals surface area contributed by atoms with E-state index in [1.54, 1.807) is 26.0 Å². The highest BCUT2D eigenvalue weighted by molar-refractivity contribution is 7.07. The lowest BCUT2D eigenvalue weighted by Gasteiger charge is -2.26. The smallest absolute Gasteiger partial charge is 0.338 e. The summed E-state index contributed by atoms with van der Waals surface area (Å²) >= 11 is 1.26. The number of fused-ring (bicyclic) bond motifs is 1. The fourth-order valence-electron chi connectivity index (χ4n) is 4.40. The Labute approximate surface area is 230 Å². The second-order valence-corrected chi connectivity index (χ2v) is 9.69. The van der Waals surface area contributed by atoms with Crippen LogP contribution in [0, 0.1) is 0 Å². The van der Waals surface area contributed by atoms with Gasteiger partial charge < -0.3 is 23.7 Å². The molecule has 0 bridgehead atoms. The normalized spacial score (nSPS) is 14.9. The van der Waals surface area contributed by atoms with Crippen molar-refractivity contribution in [1.29, 1.82) is 0 Å². The van der Waals surface area contributed by atoms with E-state index >= 15 is 0 Å². The number of ether oxygens (including phenoxy) is 5. The lowest BCUT2D eigenvalue weighted by molar-refractivity contribution is -0.139. The summed E-state index contributed by atoms with van der Waals surface area (Å²) < 4.78 is 29.6. The highest BCUT2D eigenvalue weighted by Gasteiger charge is 2.34. The number of aromatic nitrogens is 1. The first-order valence-corrected chi connectivity index (χ1v) is 13.4. The van der Waals surface area contributed by atoms with Gasteiger partial charge in [0.05, 0.1) is 56.4 Å². The number of carbonyl (C=O) groups is 1. The standard InChI is InChI=1S/C29H32N2O7S/c1-7-13-38-20-11-9-18(10-12-20)14-23-27(32)31-25(19-15-21(34-4)26(36-6)22(16-19)35-5)24(28(33)37-8-2)17(3)30-29(31)39-23/h9-12,14-16,25H,7-8,13H2,1-6H3/b23-14-/t25-/m1/s1. The molecule has 3 aromatic rings. The number of esters is 1. The molecule has 9 nitrogen and oxygen atoms in total. The van der Waals surface area contributed by atoms with Gasteiger partial charge in [0.15, 0.2) is 16.3 Å². The minimum Gasteiger partial charge on any atom is -0.494 e. The maximum Gasteiger partial charge on any atom is 0.338 e. The highest BCUT2D eigenvalue weighted by atomic mass is 32.1. The van der Waals surface area contributed by atoms with E-state index in [1.807, 2.05) is 30.3 Å². The van der Waals surface area contributed by atoms with Gasteiger partial charge in [-0.3, -0.25) is 9.36 Å². The van der Waals surface area contributed by atoms with Crippen LogP contribution in [0.3, 0.4) is 0 Å². The van der Waals surface area contributed by atoms with Gasteiger partial charge in [-0.15, -0.1) is 0 Å². The molecule has 0 fully saturated rings. The number of nitrogens with zero attached hydrogens (tertiary/aromatic N) is 2. The third kappa shape index (κ3) is 5.56. The van der Waals surface area contributed by atoms with Crippen molar-refractivity contribution >= 4 is 23.4 Å². The molecule has 206 valence electrons. The van der Waals surface area contributed by atoms with Crippen LogP contribution >= 0.6 is 11.3 Å². The van der Waals surface area contributed by atoms with E-state index in [4.69, 9.17) is 23.7 Å². The molecule has 1 atom stereocenters. The average molecular weight is 553 g/mol. The summed E-state index contributed by atoms with van der Waals surface area (Å²) in [4.78, 5) is 32.2. The molecule has 10 heteroatoms. The molecule has 0 N–H and O–H groups in total. The average Bonchev–Trinajstić information content (AvgIpc) is 3.24. The molecule has 0 saturated heterocycles. The van der Waals surface area contributed by atoms with E-state index in [1.165, 1.54) is 37.2 Å². The van der Waals surface area contributed by atoms with Gasteiger partial charge in [0.25, 0.3) is 5.56 Å². The van der Waals surface area contributed by atoms with Crippen LogP contribution in [0.4, 0.5) is 0 Å². The van der Waals surface area contributed by atoms with E-state index < -0.39 is 12.0 Å². The van der Waals surface area contributed by atoms with Crippen molar-refractivity contribution in [2.75, 3.05) is 34.5 Å². The maximum atomic E-state index is 13.9. The van der Waals surface area contributed by atoms with E-state index in [2.05, 4.69) is 11.9 Å². The SMILES string of the molecule is CCCOc1ccc(/C=c2\sc3n(c2=O)[C@H](c2cc(OC)c(OC)c(OC)c2)C(C(=O)OCC)=C(C)N=3)cc1. The minimum absolute atomic E-state index is 0.181. The maximum absolute atomic E-state index is 13.9. The Morgan fingerprint density at radius 1 is 1.05 bits per heavy atom. The summed E-state index contributed by atoms with van der Waals surface area (Å²) in [7, 11) is 4.54. The summed E-state index contributed by atoms with van der Waals surface area (Å²) in [6.45, 7) is 6.34. The predicted octanol–water partition coefficient (Wildman–Crippen LogP) is 3.61. The molecule has 2 aromatic carbocycles. The van der Waals surface area contributed by atoms with Crippen LogP contribution in [0.2, 0.25) is 0 Å². The summed E-state index contributed by atoms with van der Waals surface area (Å²) in [5.74, 6) is 1.43. The zero-order valence-electron chi connectivity index (χ0n) is 22.9. The number of benzene rings is 2. The number of thiazole rings is 1. The van der Waals surface area contributed by atoms with Gasteiger partial charge in [0.1, 0.15) is 5.75 Å². The molecule has 39 heavy (non-hydrogen) atoms. The largest absolute Gasteiger partial charge is 0.494 e. The molecule has 1 aliphatic rings. The minimum atomic E-state index is -0.819. The topological polar surface area (TPSA) is 97.6 Å². The third-order valence-electron chi connectivity index (χ3n) is 6.17. The molecule has 0 spiro atoms. The summed E-state index contributed by atoms with van der Waals surface area (Å²) in [5.41, 5.74) is 1.89. The Hall–Kier alpha value is -4.05. The van der Waals surface area contributed by atoms with E-state index in [-0.39, 0.29) is 17.7 Å². The fraction of sp³-hybridized carbons (Fsp3) is 0.345. The Morgan fingerprint density at radius 3 is 2.28 bits per heavy atom. The second kappa shape index (κ2) is 12.2. The van der Waals surface area contributed by atoms with Crippen molar-refractivity contribution in [3.8, 4) is 23.0 Å². The van der Waals surface area contributed by atoms with Crippen LogP contribution in [0.1, 0.15) is 44.4 Å². The van der Waals surface area contributed by atoms with Crippen molar-refractivity contribution in [2.45, 2.75) is 33.2 Å². The lowest BCUT2D eigenvalue weighted by Crippen LogP contribution is -2.40. The zero-order valence-corrected chi connectivity index (χ0v) is 23.7. The molecule has 2 heterocycles. The molecule has 0 radical (unpaired) electrons. The molecule has 0 unspecified atom stereocenters. The number of hydrogen-bond acceptors (Lipinski definition) is 9. The first-order valence-electron chi connectivity index (χ1n) is 12.6. The fourth-order valence-corrected chi connectivity index (χ4v) is 5.44. The molecule has 4 rings (SSSR count). The summed E-state index contributed by atoms with van der Waals surface area (Å²) in [6, 6.07) is 10.2. The first-order chi connectivity index (χ1) is 18.9. The monoisotopic (exact) mass is 552 g/mol. The predicted molar refractivity (Wildman–Crippen MR) is 149 cm³/mol. The number of allylic oxidation sites excluding steroid dienone is 1. The quantitative estimate of drug-likeness (QED) is 0.355. The van der Waals surface area contributed by atoms with E-state index in [0.29, 0.717) is 44.4 Å². The van der Waals surface area contributed by atoms with Gasteiger partial charge in [-0.1, -0.05) is 30.4 Å². The number of hydrogen-bond donors (Lipinski definition) is 0. The van der Waals surface area contributed by atoms with Crippen LogP contribution in [0.25, 0.3) is 6.08 Å². The van der Waals surface area contributed by atoms with Gasteiger partial charge in [-0.25, -0.2) is 9.79 Å². The van der Waals surface area contributed by atoms with E-state index in [9.17, 15) is 9.59 Å². The molecule has 1 aromatic heterocycles. The van der Waals surface area contributed by atoms with Gasteiger partial charge in [0.2, 0.25) is 5.75 Å². The molecule has 1 aliphatic heterocycles. The second-order valence-electron chi connectivity index (χ2n) is 8.68. The number of carbonyl (C=O) groups excluding carboxylic acids is 1. The van der Waals surface area contributed by atoms with Crippen molar-refractivity contribution < 1.29 is 28.5 Å². The van der Waals surface area contributed by atoms with Crippen LogP contribution in [-0.4, -0.2) is 45.1 Å². The van der Waals surface area contributed by atoms with Gasteiger partial charge in [-0.2, -0.15) is 0 Å². The van der Waals surface area contributed by atoms with Crippen LogP contribution in [-0.2, 0) is 9.53 Å². The van der Waals surface area contributed by atoms with Crippen molar-refractivity contribution in [1.82, 2.24) is 4.57 Å². The zero-order chi connectivity index (χ0) is 28.1. The highest BCUT2D eigenvalue weighted by Crippen LogP contribution is 2.42. The molecule has 0 aliphatic carbocycles. The van der Waals surface area contributed by atoms with Crippen molar-refractivity contribution in [3.05, 3.63) is 78.5 Å². The molecule has 0 amide bonds. The Kier molecular flexibility index (Phi) is 8.75. The third-order valence-corrected chi connectivity index (χ3v) is 7.15. The molecular weight excluding hydrogens is 520 g/mol. The lowest BCUT2D eigenvalue weighted by atomic mass is 9.95. The van der Waals surface area contributed by atoms with Crippen molar-refractivity contribution in [2.24, 2.45) is 4.99 Å². The van der Waals surface area contributed by atoms with Gasteiger partial charge in [0, 0.05) is 0 Å². The van der Waals surface area contributed by atoms with Crippen molar-refractivity contribution in [3.63, 3.8) is 0 Å². The Morgan fingerprint density at radius 2 is 1.72 bits per heavy atom. The summed E-state index contributed by atoms with van der Waals surface area (Å²) in [5, 5.41) is 0. The number of rotatable bonds is 10. The summed E-state index contributed by atoms with van der Waals surface area (Å²) in [6.07, 6.45) is 2.73. The molecular formula is C29H32N2O7S. The Balaban J connectivity index is 1.92. The van der Waals surface area contributed by atoms with E-state index in [0.717, 1.165) is 17.7 Å². The molecule has 0 saturated carbocycles. The van der Waals surface area contributed by atoms with Gasteiger partial charge >= 0.3 is 5.97 Å². The van der Waals surface area contributed by atoms with Crippen LogP contribution < -0.4 is 33.8 Å². The first kappa shape index (κ1) is 28.0. The van der Waals surface area contributed by atoms with Crippen LogP contribution in [0.15, 0.2) is 57.5 Å². The Bertz CT molecular complexity index is 1540. The number of methoxy groups -OCH3 is 3. The van der Waals surface area contributed by atoms with Crippen LogP contribution in [0.5, 0.6) is 23.0 Å².